The van der Waals surface area contributed by atoms with Crippen molar-refractivity contribution >= 4 is 40.0 Å². The Labute approximate surface area is 176 Å². The van der Waals surface area contributed by atoms with E-state index in [-0.39, 0.29) is 0 Å². The Morgan fingerprint density at radius 2 is 1.22 bits per heavy atom. The van der Waals surface area contributed by atoms with Gasteiger partial charge in [0.1, 0.15) is 0 Å². The molecule has 0 saturated heterocycles. The Balaban J connectivity index is 0.00000149. The number of rotatable bonds is 14. The molecule has 0 nitrogen and oxygen atoms in total. The van der Waals surface area contributed by atoms with Crippen molar-refractivity contribution in [3.63, 3.8) is 0 Å². The van der Waals surface area contributed by atoms with Crippen LogP contribution in [0.5, 0.6) is 0 Å². The zero-order valence-corrected chi connectivity index (χ0v) is 21.5. The van der Waals surface area contributed by atoms with E-state index < -0.39 is 0 Å². The minimum absolute atomic E-state index is 0.628. The summed E-state index contributed by atoms with van der Waals surface area (Å²) >= 11 is 4.74. The number of unbranched alkanes of at least 4 members (excludes halogenated alkanes) is 9. The molecule has 23 heavy (non-hydrogen) atoms. The average molecular weight is 585 g/mol. The molecule has 0 spiro atoms. The van der Waals surface area contributed by atoms with E-state index in [4.69, 9.17) is 0 Å². The Bertz CT molecular complexity index is 234. The number of halogens is 2. The van der Waals surface area contributed by atoms with Crippen LogP contribution in [0, 0.1) is 17.8 Å². The van der Waals surface area contributed by atoms with Crippen LogP contribution in [0.2, 0.25) is 0 Å². The van der Waals surface area contributed by atoms with Crippen LogP contribution in [0.1, 0.15) is 111 Å². The molecule has 1 saturated carbocycles. The van der Waals surface area contributed by atoms with Crippen LogP contribution < -0.4 is 0 Å². The molecule has 0 radical (unpaired) electrons. The molecule has 2 unspecified atom stereocenters. The first-order chi connectivity index (χ1) is 11.2. The quantitative estimate of drug-likeness (QED) is 0.141. The van der Waals surface area contributed by atoms with Crippen LogP contribution in [0.15, 0.2) is 0 Å². The molecule has 2 atom stereocenters. The monoisotopic (exact) mass is 585 g/mol. The van der Waals surface area contributed by atoms with Crippen molar-refractivity contribution in [2.45, 2.75) is 111 Å². The predicted molar refractivity (Wildman–Crippen MR) is 120 cm³/mol. The van der Waals surface area contributed by atoms with Crippen LogP contribution in [0.25, 0.3) is 0 Å². The summed E-state index contributed by atoms with van der Waals surface area (Å²) < 4.78 is 0. The van der Waals surface area contributed by atoms with E-state index in [1.165, 1.54) is 77.0 Å². The SMILES string of the molecule is CCCCCCCCCCCCC1CC1CCC(C)C.[I][V][I]. The summed E-state index contributed by atoms with van der Waals surface area (Å²) in [6.07, 6.45) is 20.8. The molecule has 1 rings (SSSR count). The molecule has 1 aliphatic rings. The van der Waals surface area contributed by atoms with E-state index in [0.717, 1.165) is 17.8 Å². The van der Waals surface area contributed by atoms with Gasteiger partial charge in [-0.05, 0) is 30.6 Å². The third kappa shape index (κ3) is 18.6. The van der Waals surface area contributed by atoms with E-state index in [1.807, 2.05) is 0 Å². The maximum atomic E-state index is 2.37. The second kappa shape index (κ2) is 18.8. The molecule has 139 valence electrons. The van der Waals surface area contributed by atoms with Gasteiger partial charge in [-0.3, -0.25) is 0 Å². The molecular weight excluding hydrogens is 545 g/mol. The van der Waals surface area contributed by atoms with E-state index in [2.05, 4.69) is 60.7 Å². The van der Waals surface area contributed by atoms with Gasteiger partial charge in [0.2, 0.25) is 0 Å². The van der Waals surface area contributed by atoms with Gasteiger partial charge in [0, 0.05) is 0 Å². The predicted octanol–water partition coefficient (Wildman–Crippen LogP) is 9.14. The van der Waals surface area contributed by atoms with Gasteiger partial charge in [-0.15, -0.1) is 0 Å². The molecule has 3 heteroatoms. The van der Waals surface area contributed by atoms with Crippen LogP contribution in [-0.4, -0.2) is 0 Å². The minimum atomic E-state index is 0.628. The fourth-order valence-corrected chi connectivity index (χ4v) is 3.46. The van der Waals surface area contributed by atoms with E-state index in [9.17, 15) is 0 Å². The first kappa shape index (κ1) is 25.0. The number of hydrogen-bond donors (Lipinski definition) is 0. The third-order valence-corrected chi connectivity index (χ3v) is 5.11. The Hall–Kier alpha value is 2.04. The second-order valence-electron chi connectivity index (χ2n) is 7.76. The molecule has 0 N–H and O–H groups in total. The van der Waals surface area contributed by atoms with E-state index >= 15 is 0 Å². The van der Waals surface area contributed by atoms with Crippen LogP contribution in [-0.2, 0) is 9.47 Å². The zero-order chi connectivity index (χ0) is 17.3. The van der Waals surface area contributed by atoms with Gasteiger partial charge < -0.3 is 0 Å². The first-order valence-corrected chi connectivity index (χ1v) is 19.1. The zero-order valence-electron chi connectivity index (χ0n) is 15.8. The molecule has 0 aromatic rings. The van der Waals surface area contributed by atoms with Gasteiger partial charge >= 0.3 is 49.4 Å². The standard InChI is InChI=1S/C20H40.2HI.V/c1-4-5-6-7-8-9-10-11-12-13-14-19-17-20(19)16-15-18(2)3;;;/h18-20H,4-17H2,1-3H3;2*1H;/q;;;+2/p-2. The maximum absolute atomic E-state index is 2.37. The van der Waals surface area contributed by atoms with Crippen molar-refractivity contribution < 1.29 is 9.47 Å². The molecule has 0 bridgehead atoms. The average Bonchev–Trinajstić information content (AvgIpc) is 3.26. The molecule has 0 aromatic heterocycles. The summed E-state index contributed by atoms with van der Waals surface area (Å²) in [6.45, 7) is 7.02. The first-order valence-electron chi connectivity index (χ1n) is 10.1. The van der Waals surface area contributed by atoms with Crippen molar-refractivity contribution in [1.82, 2.24) is 0 Å². The van der Waals surface area contributed by atoms with Crippen molar-refractivity contribution in [3.8, 4) is 0 Å². The molecule has 1 fully saturated rings. The Morgan fingerprint density at radius 1 is 0.783 bits per heavy atom. The van der Waals surface area contributed by atoms with Gasteiger partial charge in [-0.2, -0.15) is 0 Å². The van der Waals surface area contributed by atoms with Crippen molar-refractivity contribution in [2.24, 2.45) is 17.8 Å². The third-order valence-electron chi connectivity index (χ3n) is 5.11. The van der Waals surface area contributed by atoms with E-state index in [1.54, 1.807) is 12.8 Å². The molecule has 1 aliphatic carbocycles. The topological polar surface area (TPSA) is 0 Å². The summed E-state index contributed by atoms with van der Waals surface area (Å²) in [5.41, 5.74) is 0. The van der Waals surface area contributed by atoms with Gasteiger partial charge in [0.25, 0.3) is 0 Å². The van der Waals surface area contributed by atoms with Crippen molar-refractivity contribution in [2.75, 3.05) is 0 Å². The molecule has 0 amide bonds. The van der Waals surface area contributed by atoms with Gasteiger partial charge in [-0.25, -0.2) is 0 Å². The van der Waals surface area contributed by atoms with Crippen molar-refractivity contribution in [3.05, 3.63) is 0 Å². The van der Waals surface area contributed by atoms with Crippen molar-refractivity contribution in [1.29, 1.82) is 0 Å². The molecule has 0 aromatic carbocycles. The molecule has 0 heterocycles. The van der Waals surface area contributed by atoms with Gasteiger partial charge in [-0.1, -0.05) is 97.8 Å². The Kier molecular flexibility index (Phi) is 20.5. The second-order valence-corrected chi connectivity index (χ2v) is 19.6. The number of hydrogen-bond acceptors (Lipinski definition) is 0. The summed E-state index contributed by atoms with van der Waals surface area (Å²) in [5, 5.41) is 0. The summed E-state index contributed by atoms with van der Waals surface area (Å²) in [7, 11) is 0.628. The van der Waals surface area contributed by atoms with Crippen LogP contribution in [0.4, 0.5) is 0 Å². The van der Waals surface area contributed by atoms with E-state index in [0.29, 0.717) is 9.47 Å². The fraction of sp³-hybridized carbons (Fsp3) is 1.00. The summed E-state index contributed by atoms with van der Waals surface area (Å²) in [6, 6.07) is 0. The Morgan fingerprint density at radius 3 is 1.70 bits per heavy atom. The fourth-order valence-electron chi connectivity index (χ4n) is 3.46. The van der Waals surface area contributed by atoms with Gasteiger partial charge in [0.05, 0.1) is 0 Å². The molecular formula is C20H40I2V. The van der Waals surface area contributed by atoms with Crippen LogP contribution >= 0.6 is 40.0 Å². The van der Waals surface area contributed by atoms with Crippen LogP contribution in [0.3, 0.4) is 0 Å². The summed E-state index contributed by atoms with van der Waals surface area (Å²) in [4.78, 5) is 0. The summed E-state index contributed by atoms with van der Waals surface area (Å²) in [5.74, 6) is 3.16. The normalized spacial score (nSPS) is 19.4. The molecule has 0 aliphatic heterocycles. The van der Waals surface area contributed by atoms with Gasteiger partial charge in [0.15, 0.2) is 0 Å².